The van der Waals surface area contributed by atoms with Crippen molar-refractivity contribution in [3.63, 3.8) is 0 Å². The van der Waals surface area contributed by atoms with Crippen molar-refractivity contribution in [1.29, 1.82) is 0 Å². The summed E-state index contributed by atoms with van der Waals surface area (Å²) >= 11 is 12.2. The molecule has 4 rings (SSSR count). The maximum absolute atomic E-state index is 10.8. The molecule has 0 saturated heterocycles. The third kappa shape index (κ3) is 3.88. The molecule has 0 radical (unpaired) electrons. The van der Waals surface area contributed by atoms with Crippen LogP contribution in [0.25, 0.3) is 11.3 Å². The predicted molar refractivity (Wildman–Crippen MR) is 101 cm³/mol. The molecule has 0 fully saturated rings. The molecule has 1 aromatic heterocycles. The minimum atomic E-state index is -0.380. The summed E-state index contributed by atoms with van der Waals surface area (Å²) < 4.78 is 4.52. The molecule has 2 heterocycles. The van der Waals surface area contributed by atoms with Gasteiger partial charge in [-0.15, -0.1) is 0 Å². The van der Waals surface area contributed by atoms with Crippen LogP contribution >= 0.6 is 23.2 Å². The quantitative estimate of drug-likeness (QED) is 0.332. The summed E-state index contributed by atoms with van der Waals surface area (Å²) in [6.07, 6.45) is 4.23. The topological polar surface area (TPSA) is 52.0 Å². The van der Waals surface area contributed by atoms with Crippen molar-refractivity contribution in [2.24, 2.45) is 0 Å². The third-order valence-electron chi connectivity index (χ3n) is 4.71. The van der Waals surface area contributed by atoms with Crippen molar-refractivity contribution < 1.29 is 26.5 Å². The van der Waals surface area contributed by atoms with Gasteiger partial charge in [0.1, 0.15) is 12.7 Å². The minimum absolute atomic E-state index is 0. The van der Waals surface area contributed by atoms with E-state index in [1.165, 1.54) is 5.82 Å². The number of nitrogens with zero attached hydrogens (tertiary/aromatic N) is 3. The molecule has 3 aromatic rings. The second-order valence-electron chi connectivity index (χ2n) is 6.37. The highest BCUT2D eigenvalue weighted by atomic mass is 79.9. The van der Waals surface area contributed by atoms with Gasteiger partial charge in [-0.25, -0.2) is 9.13 Å². The van der Waals surface area contributed by atoms with Crippen LogP contribution in [0.4, 0.5) is 5.69 Å². The van der Waals surface area contributed by atoms with Crippen molar-refractivity contribution >= 4 is 28.9 Å². The Labute approximate surface area is 177 Å². The summed E-state index contributed by atoms with van der Waals surface area (Å²) in [5.74, 6) is 1.25. The molecule has 0 bridgehead atoms. The number of imidazole rings is 1. The van der Waals surface area contributed by atoms with E-state index < -0.39 is 0 Å². The molecule has 1 aliphatic heterocycles. The van der Waals surface area contributed by atoms with Crippen molar-refractivity contribution in [3.8, 4) is 11.3 Å². The normalized spacial score (nSPS) is 12.5. The van der Waals surface area contributed by atoms with Crippen LogP contribution in [0.5, 0.6) is 0 Å². The van der Waals surface area contributed by atoms with Crippen LogP contribution in [0.2, 0.25) is 10.0 Å². The Morgan fingerprint density at radius 2 is 1.85 bits per heavy atom. The maximum Gasteiger partial charge on any atom is 0.269 e. The molecule has 2 aromatic carbocycles. The molecule has 0 saturated carbocycles. The van der Waals surface area contributed by atoms with E-state index in [9.17, 15) is 10.1 Å². The van der Waals surface area contributed by atoms with E-state index in [2.05, 4.69) is 15.3 Å². The lowest BCUT2D eigenvalue weighted by Crippen LogP contribution is -3.00. The lowest BCUT2D eigenvalue weighted by atomic mass is 10.1. The van der Waals surface area contributed by atoms with Gasteiger partial charge in [0.2, 0.25) is 0 Å². The molecular formula is C19H16BrCl2N3O2. The number of rotatable bonds is 4. The Morgan fingerprint density at radius 3 is 2.52 bits per heavy atom. The standard InChI is InChI=1S/C19H16Cl2N3O2.BrH/c20-16-8-5-14(10-17(16)21)18-12-22(19-2-1-9-23(18)19)11-13-3-6-15(7-4-13)24(25)26;/h3-8,10,12H,1-2,9,11H2;1H/q+1;/p-1. The first-order valence-electron chi connectivity index (χ1n) is 8.33. The Hall–Kier alpha value is -1.89. The highest BCUT2D eigenvalue weighted by Crippen LogP contribution is 2.30. The first kappa shape index (κ1) is 19.9. The molecule has 0 N–H and O–H groups in total. The summed E-state index contributed by atoms with van der Waals surface area (Å²) in [7, 11) is 0. The van der Waals surface area contributed by atoms with E-state index in [0.717, 1.165) is 36.2 Å². The minimum Gasteiger partial charge on any atom is -1.00 e. The second kappa shape index (κ2) is 8.00. The Kier molecular flexibility index (Phi) is 5.89. The van der Waals surface area contributed by atoms with Crippen LogP contribution in [0.1, 0.15) is 17.8 Å². The van der Waals surface area contributed by atoms with Crippen LogP contribution in [-0.4, -0.2) is 9.49 Å². The van der Waals surface area contributed by atoms with Gasteiger partial charge in [-0.1, -0.05) is 23.2 Å². The summed E-state index contributed by atoms with van der Waals surface area (Å²) in [5.41, 5.74) is 3.28. The van der Waals surface area contributed by atoms with E-state index in [-0.39, 0.29) is 27.6 Å². The van der Waals surface area contributed by atoms with Crippen LogP contribution in [0, 0.1) is 10.1 Å². The molecule has 0 unspecified atom stereocenters. The summed E-state index contributed by atoms with van der Waals surface area (Å²) in [6.45, 7) is 1.65. The van der Waals surface area contributed by atoms with Gasteiger partial charge < -0.3 is 17.0 Å². The molecule has 0 aliphatic carbocycles. The molecule has 1 aliphatic rings. The van der Waals surface area contributed by atoms with Crippen molar-refractivity contribution in [2.45, 2.75) is 25.9 Å². The molecule has 5 nitrogen and oxygen atoms in total. The average Bonchev–Trinajstić information content (AvgIpc) is 3.22. The van der Waals surface area contributed by atoms with Crippen LogP contribution < -0.4 is 21.5 Å². The van der Waals surface area contributed by atoms with Gasteiger partial charge in [-0.3, -0.25) is 10.1 Å². The fourth-order valence-corrected chi connectivity index (χ4v) is 3.75. The molecule has 0 spiro atoms. The fourth-order valence-electron chi connectivity index (χ4n) is 3.45. The Bertz CT molecular complexity index is 1000. The van der Waals surface area contributed by atoms with Gasteiger partial charge in [0.05, 0.1) is 27.9 Å². The van der Waals surface area contributed by atoms with Crippen LogP contribution in [0.3, 0.4) is 0 Å². The molecular weight excluding hydrogens is 453 g/mol. The number of hydrogen-bond donors (Lipinski definition) is 0. The van der Waals surface area contributed by atoms with E-state index in [1.807, 2.05) is 30.3 Å². The van der Waals surface area contributed by atoms with Crippen LogP contribution in [-0.2, 0) is 19.5 Å². The van der Waals surface area contributed by atoms with Gasteiger partial charge in [0.25, 0.3) is 11.5 Å². The molecule has 8 heteroatoms. The Balaban J connectivity index is 0.00000210. The molecule has 27 heavy (non-hydrogen) atoms. The number of aromatic nitrogens is 2. The number of halogens is 3. The first-order chi connectivity index (χ1) is 12.5. The van der Waals surface area contributed by atoms with Crippen LogP contribution in [0.15, 0.2) is 48.7 Å². The average molecular weight is 469 g/mol. The van der Waals surface area contributed by atoms with Gasteiger partial charge in [0, 0.05) is 17.7 Å². The highest BCUT2D eigenvalue weighted by molar-refractivity contribution is 6.42. The van der Waals surface area contributed by atoms with E-state index >= 15 is 0 Å². The fraction of sp³-hybridized carbons (Fsp3) is 0.211. The van der Waals surface area contributed by atoms with Gasteiger partial charge >= 0.3 is 0 Å². The number of hydrogen-bond acceptors (Lipinski definition) is 2. The number of nitro benzene ring substituents is 1. The summed E-state index contributed by atoms with van der Waals surface area (Å²) in [5, 5.41) is 11.9. The first-order valence-corrected chi connectivity index (χ1v) is 9.09. The SMILES string of the molecule is O=[N+]([O-])c1ccc(C[n+]2cc(-c3ccc(Cl)c(Cl)c3)n3c2CCC3)cc1.[Br-]. The maximum atomic E-state index is 10.8. The zero-order chi connectivity index (χ0) is 18.3. The lowest BCUT2D eigenvalue weighted by molar-refractivity contribution is -0.694. The highest BCUT2D eigenvalue weighted by Gasteiger charge is 2.29. The van der Waals surface area contributed by atoms with Gasteiger partial charge in [0.15, 0.2) is 5.69 Å². The van der Waals surface area contributed by atoms with Crippen molar-refractivity contribution in [3.05, 3.63) is 80.2 Å². The largest absolute Gasteiger partial charge is 1.00 e. The zero-order valence-electron chi connectivity index (χ0n) is 14.2. The molecule has 140 valence electrons. The third-order valence-corrected chi connectivity index (χ3v) is 5.45. The Morgan fingerprint density at radius 1 is 1.11 bits per heavy atom. The number of fused-ring (bicyclic) bond motifs is 1. The smallest absolute Gasteiger partial charge is 0.269 e. The van der Waals surface area contributed by atoms with E-state index in [0.29, 0.717) is 16.6 Å². The van der Waals surface area contributed by atoms with E-state index in [1.54, 1.807) is 12.1 Å². The van der Waals surface area contributed by atoms with Crippen molar-refractivity contribution in [1.82, 2.24) is 4.57 Å². The number of benzene rings is 2. The summed E-state index contributed by atoms with van der Waals surface area (Å²) in [6, 6.07) is 12.4. The number of nitro groups is 1. The predicted octanol–water partition coefficient (Wildman–Crippen LogP) is 1.66. The monoisotopic (exact) mass is 467 g/mol. The zero-order valence-corrected chi connectivity index (χ0v) is 17.3. The lowest BCUT2D eigenvalue weighted by Gasteiger charge is -2.01. The molecule has 0 amide bonds. The molecule has 0 atom stereocenters. The van der Waals surface area contributed by atoms with Crippen molar-refractivity contribution in [2.75, 3.05) is 0 Å². The second-order valence-corrected chi connectivity index (χ2v) is 7.18. The number of non-ortho nitro benzene ring substituents is 1. The van der Waals surface area contributed by atoms with Gasteiger partial charge in [-0.2, -0.15) is 0 Å². The van der Waals surface area contributed by atoms with Gasteiger partial charge in [-0.05, 0) is 42.3 Å². The summed E-state index contributed by atoms with van der Waals surface area (Å²) in [4.78, 5) is 10.4. The van der Waals surface area contributed by atoms with E-state index in [4.69, 9.17) is 23.2 Å².